The predicted octanol–water partition coefficient (Wildman–Crippen LogP) is 3.49. The van der Waals surface area contributed by atoms with E-state index in [1.54, 1.807) is 23.3 Å². The van der Waals surface area contributed by atoms with Gasteiger partial charge in [0.2, 0.25) is 0 Å². The molecule has 2 heteroatoms. The average Bonchev–Trinajstić information content (AvgIpc) is 2.87. The molecule has 0 aromatic heterocycles. The van der Waals surface area contributed by atoms with Crippen LogP contribution in [0, 0.1) is 41.9 Å². The Balaban J connectivity index is -0.0000000360. The van der Waals surface area contributed by atoms with Gasteiger partial charge in [0, 0.05) is 0 Å². The fourth-order valence-electron chi connectivity index (χ4n) is 0.680. The molecule has 0 amide bonds. The Kier molecular flexibility index (Phi) is 54.7. The van der Waals surface area contributed by atoms with Gasteiger partial charge in [0.1, 0.15) is 0 Å². The van der Waals surface area contributed by atoms with Gasteiger partial charge < -0.3 is 29.7 Å². The summed E-state index contributed by atoms with van der Waals surface area (Å²) >= 11 is 1.58. The molecule has 0 aliphatic heterocycles. The first-order valence-electron chi connectivity index (χ1n) is 3.79. The first kappa shape index (κ1) is 29.8. The van der Waals surface area contributed by atoms with Crippen LogP contribution in [0.5, 0.6) is 0 Å². The number of allylic oxidation sites excluding steroid dienone is 8. The van der Waals surface area contributed by atoms with Crippen molar-refractivity contribution in [3.05, 3.63) is 78.3 Å². The third-order valence-corrected chi connectivity index (χ3v) is 1.17. The van der Waals surface area contributed by atoms with Crippen molar-refractivity contribution in [2.45, 2.75) is 12.8 Å². The van der Waals surface area contributed by atoms with Crippen LogP contribution in [-0.2, 0) is 23.3 Å². The topological polar surface area (TPSA) is 0 Å². The molecule has 0 spiro atoms. The van der Waals surface area contributed by atoms with E-state index in [0.29, 0.717) is 0 Å². The molecule has 2 aliphatic rings. The molecule has 0 heterocycles. The van der Waals surface area contributed by atoms with E-state index in [0.717, 1.165) is 12.8 Å². The second-order valence-electron chi connectivity index (χ2n) is 2.01. The summed E-state index contributed by atoms with van der Waals surface area (Å²) in [6.45, 7) is 1.95. The molecule has 0 aromatic carbocycles. The third kappa shape index (κ3) is 23.7. The quantitative estimate of drug-likeness (QED) is 0.474. The van der Waals surface area contributed by atoms with Crippen LogP contribution < -0.4 is 0 Å². The van der Waals surface area contributed by atoms with Crippen LogP contribution in [0.1, 0.15) is 12.8 Å². The summed E-state index contributed by atoms with van der Waals surface area (Å²) in [5.74, 6) is 0. The van der Waals surface area contributed by atoms with Gasteiger partial charge in [-0.25, -0.2) is 24.3 Å². The molecule has 2 aliphatic carbocycles. The third-order valence-electron chi connectivity index (χ3n) is 1.17. The minimum atomic E-state index is 0. The zero-order valence-electron chi connectivity index (χ0n) is 11.1. The maximum atomic E-state index is 2.99. The number of hydrogen-bond acceptors (Lipinski definition) is 0. The van der Waals surface area contributed by atoms with Gasteiger partial charge in [-0.3, -0.25) is 12.2 Å². The normalized spacial score (nSPS) is 11.2. The van der Waals surface area contributed by atoms with Crippen LogP contribution in [0.3, 0.4) is 0 Å². The molecule has 0 nitrogen and oxygen atoms in total. The van der Waals surface area contributed by atoms with Gasteiger partial charge in [-0.15, -0.1) is 12.8 Å². The van der Waals surface area contributed by atoms with Gasteiger partial charge in [0.25, 0.3) is 0 Å². The van der Waals surface area contributed by atoms with Crippen LogP contribution in [-0.4, -0.2) is 6.88 Å². The van der Waals surface area contributed by atoms with Crippen LogP contribution in [0.2, 0.25) is 0 Å². The van der Waals surface area contributed by atoms with Crippen LogP contribution in [0.4, 0.5) is 0 Å². The zero-order chi connectivity index (χ0) is 9.07. The monoisotopic (exact) mass is 310 g/mol. The molecular formula is C14H24SiZr-6. The van der Waals surface area contributed by atoms with E-state index in [4.69, 9.17) is 0 Å². The minimum absolute atomic E-state index is 0. The summed E-state index contributed by atoms with van der Waals surface area (Å²) in [6, 6.07) is 0. The van der Waals surface area contributed by atoms with Crippen molar-refractivity contribution in [2.24, 2.45) is 0 Å². The molecule has 0 saturated heterocycles. The molecule has 0 aromatic rings. The van der Waals surface area contributed by atoms with Crippen molar-refractivity contribution in [3.63, 3.8) is 0 Å². The van der Waals surface area contributed by atoms with E-state index in [-0.39, 0.29) is 29.7 Å². The maximum absolute atomic E-state index is 2.99. The van der Waals surface area contributed by atoms with Crippen LogP contribution >= 0.6 is 0 Å². The van der Waals surface area contributed by atoms with Crippen LogP contribution in [0.15, 0.2) is 36.5 Å². The first-order chi connectivity index (χ1) is 6.00. The molecule has 2 rings (SSSR count). The van der Waals surface area contributed by atoms with Gasteiger partial charge in [0.05, 0.1) is 0 Å². The van der Waals surface area contributed by atoms with E-state index in [1.165, 1.54) is 0 Å². The van der Waals surface area contributed by atoms with E-state index in [9.17, 15) is 0 Å². The molecule has 0 unspecified atom stereocenters. The molecular weight excluding hydrogens is 287 g/mol. The van der Waals surface area contributed by atoms with Crippen molar-refractivity contribution in [1.82, 2.24) is 0 Å². The standard InChI is InChI=1S/2C5H5.4CH3.H2Si.Zr/c2*1-2-4-5-3-1;;;;;;/h2*1-3H,4H2;4*1H3;1H2;/q6*-1;;. The molecule has 94 valence electrons. The van der Waals surface area contributed by atoms with Crippen molar-refractivity contribution in [1.29, 1.82) is 0 Å². The Bertz CT molecular complexity index is 161. The van der Waals surface area contributed by atoms with E-state index in [2.05, 4.69) is 24.3 Å². The Morgan fingerprint density at radius 2 is 1.06 bits per heavy atom. The Morgan fingerprint density at radius 3 is 1.12 bits per heavy atom. The van der Waals surface area contributed by atoms with Crippen molar-refractivity contribution in [2.75, 3.05) is 0 Å². The Morgan fingerprint density at radius 1 is 0.750 bits per heavy atom. The van der Waals surface area contributed by atoms with Gasteiger partial charge in [-0.2, -0.15) is 12.2 Å². The van der Waals surface area contributed by atoms with E-state index < -0.39 is 0 Å². The summed E-state index contributed by atoms with van der Waals surface area (Å²) in [4.78, 5) is 0. The summed E-state index contributed by atoms with van der Waals surface area (Å²) in [5, 5.41) is 0. The molecule has 0 N–H and O–H groups in total. The molecule has 0 saturated carbocycles. The molecule has 0 bridgehead atoms. The van der Waals surface area contributed by atoms with E-state index in [1.807, 2.05) is 31.2 Å². The van der Waals surface area contributed by atoms with E-state index >= 15 is 0 Å². The Labute approximate surface area is 121 Å². The van der Waals surface area contributed by atoms with Crippen molar-refractivity contribution < 1.29 is 23.3 Å². The van der Waals surface area contributed by atoms with Gasteiger partial charge >= 0.3 is 30.2 Å². The van der Waals surface area contributed by atoms with Gasteiger partial charge in [0.15, 0.2) is 0 Å². The fourth-order valence-corrected chi connectivity index (χ4v) is 0.680. The number of rotatable bonds is 0. The fraction of sp³-hybridized carbons (Fsp3) is 0.143. The zero-order valence-corrected chi connectivity index (χ0v) is 15.0. The predicted molar refractivity (Wildman–Crippen MR) is 77.3 cm³/mol. The SMILES string of the molecule is [C-]1=CC=CC1.[C-]1=CC=CC1.[CH3-].[CH3-].[CH3-].[CH3-].[SiH2]=[Zr]. The van der Waals surface area contributed by atoms with Crippen molar-refractivity contribution in [3.8, 4) is 0 Å². The second kappa shape index (κ2) is 29.4. The van der Waals surface area contributed by atoms with Gasteiger partial charge in [-0.05, 0) is 0 Å². The average molecular weight is 312 g/mol. The van der Waals surface area contributed by atoms with Crippen molar-refractivity contribution >= 4 is 6.88 Å². The van der Waals surface area contributed by atoms with Crippen LogP contribution in [0.25, 0.3) is 0 Å². The summed E-state index contributed by atoms with van der Waals surface area (Å²) in [7, 11) is 0. The summed E-state index contributed by atoms with van der Waals surface area (Å²) in [5.41, 5.74) is 0. The molecule has 0 fully saturated rings. The molecule has 0 atom stereocenters. The molecule has 0 radical (unpaired) electrons. The summed E-state index contributed by atoms with van der Waals surface area (Å²) < 4.78 is 0. The first-order valence-corrected chi connectivity index (χ1v) is 9.71. The molecule has 16 heavy (non-hydrogen) atoms. The van der Waals surface area contributed by atoms with Gasteiger partial charge in [-0.1, -0.05) is 0 Å². The summed E-state index contributed by atoms with van der Waals surface area (Å²) in [6.07, 6.45) is 20.0. The second-order valence-corrected chi connectivity index (χ2v) is 2.01. The Hall–Kier alpha value is 0.0600. The number of hydrogen-bond donors (Lipinski definition) is 0.